The molecular weight excluding hydrogens is 164 g/mol. The van der Waals surface area contributed by atoms with Crippen LogP contribution in [-0.4, -0.2) is 5.97 Å². The van der Waals surface area contributed by atoms with Crippen LogP contribution in [0.2, 0.25) is 0 Å². The van der Waals surface area contributed by atoms with Gasteiger partial charge in [0.15, 0.2) is 0 Å². The Balaban J connectivity index is 3.80. The molecule has 2 atom stereocenters. The summed E-state index contributed by atoms with van der Waals surface area (Å²) in [7, 11) is 0. The molecule has 0 bridgehead atoms. The summed E-state index contributed by atoms with van der Waals surface area (Å²) >= 11 is 0. The molecule has 0 N–H and O–H groups in total. The van der Waals surface area contributed by atoms with Gasteiger partial charge in [0.1, 0.15) is 0 Å². The number of unbranched alkanes of at least 4 members (excludes halogenated alkanes) is 2. The van der Waals surface area contributed by atoms with E-state index in [1.165, 1.54) is 12.8 Å². The van der Waals surface area contributed by atoms with E-state index in [2.05, 4.69) is 13.8 Å². The smallest absolute Gasteiger partial charge is 0.0445 e. The monoisotopic (exact) mass is 185 g/mol. The molecule has 2 heteroatoms. The Bertz CT molecular complexity index is 143. The molecule has 0 radical (unpaired) electrons. The van der Waals surface area contributed by atoms with Gasteiger partial charge in [0.25, 0.3) is 0 Å². The first-order chi connectivity index (χ1) is 6.13. The van der Waals surface area contributed by atoms with Crippen LogP contribution in [0.3, 0.4) is 0 Å². The van der Waals surface area contributed by atoms with Crippen LogP contribution in [0.15, 0.2) is 0 Å². The van der Waals surface area contributed by atoms with Crippen molar-refractivity contribution >= 4 is 5.97 Å². The summed E-state index contributed by atoms with van der Waals surface area (Å²) in [6.45, 7) is 5.97. The lowest BCUT2D eigenvalue weighted by Crippen LogP contribution is -2.34. The van der Waals surface area contributed by atoms with E-state index in [4.69, 9.17) is 0 Å². The fraction of sp³-hybridized carbons (Fsp3) is 0.909. The zero-order valence-corrected chi connectivity index (χ0v) is 9.01. The summed E-state index contributed by atoms with van der Waals surface area (Å²) in [5.41, 5.74) is 0. The number of carbonyl (C=O) groups excluding carboxylic acids is 1. The van der Waals surface area contributed by atoms with Crippen molar-refractivity contribution in [1.82, 2.24) is 0 Å². The molecule has 0 spiro atoms. The van der Waals surface area contributed by atoms with Gasteiger partial charge in [-0.25, -0.2) is 0 Å². The maximum absolute atomic E-state index is 10.6. The van der Waals surface area contributed by atoms with Gasteiger partial charge in [-0.15, -0.1) is 0 Å². The number of carboxylic acid groups (broad SMARTS) is 1. The van der Waals surface area contributed by atoms with Crippen LogP contribution in [0.25, 0.3) is 0 Å². The SMILES string of the molecule is CCCCCC(CC)C(C)C(=O)[O-]. The van der Waals surface area contributed by atoms with Crippen molar-refractivity contribution in [3.05, 3.63) is 0 Å². The zero-order chi connectivity index (χ0) is 10.3. The average molecular weight is 185 g/mol. The normalized spacial score (nSPS) is 15.3. The molecule has 0 aromatic rings. The van der Waals surface area contributed by atoms with Crippen molar-refractivity contribution in [2.45, 2.75) is 52.9 Å². The maximum atomic E-state index is 10.6. The lowest BCUT2D eigenvalue weighted by atomic mass is 9.87. The highest BCUT2D eigenvalue weighted by Gasteiger charge is 2.15. The largest absolute Gasteiger partial charge is 0.550 e. The predicted molar refractivity (Wildman–Crippen MR) is 52.1 cm³/mol. The number of aliphatic carboxylic acids is 1. The number of carbonyl (C=O) groups is 1. The highest BCUT2D eigenvalue weighted by Crippen LogP contribution is 2.21. The molecule has 0 rings (SSSR count). The molecule has 0 amide bonds. The molecule has 0 saturated carbocycles. The zero-order valence-electron chi connectivity index (χ0n) is 9.01. The third kappa shape index (κ3) is 4.91. The van der Waals surface area contributed by atoms with Gasteiger partial charge in [-0.2, -0.15) is 0 Å². The molecule has 0 aliphatic rings. The Kier molecular flexibility index (Phi) is 6.65. The van der Waals surface area contributed by atoms with Crippen molar-refractivity contribution < 1.29 is 9.90 Å². The minimum Gasteiger partial charge on any atom is -0.550 e. The molecule has 0 aromatic heterocycles. The number of hydrogen-bond acceptors (Lipinski definition) is 2. The summed E-state index contributed by atoms with van der Waals surface area (Å²) in [5, 5.41) is 10.6. The van der Waals surface area contributed by atoms with Crippen molar-refractivity contribution in [2.24, 2.45) is 11.8 Å². The molecule has 0 saturated heterocycles. The van der Waals surface area contributed by atoms with E-state index < -0.39 is 5.97 Å². The molecule has 0 heterocycles. The Morgan fingerprint density at radius 2 is 1.92 bits per heavy atom. The quantitative estimate of drug-likeness (QED) is 0.569. The molecule has 0 aliphatic carbocycles. The first-order valence-corrected chi connectivity index (χ1v) is 5.34. The van der Waals surface area contributed by atoms with E-state index >= 15 is 0 Å². The van der Waals surface area contributed by atoms with Gasteiger partial charge < -0.3 is 9.90 Å². The molecule has 2 unspecified atom stereocenters. The summed E-state index contributed by atoms with van der Waals surface area (Å²) in [6, 6.07) is 0. The van der Waals surface area contributed by atoms with Gasteiger partial charge in [0.05, 0.1) is 0 Å². The minimum atomic E-state index is -0.900. The Hall–Kier alpha value is -0.530. The highest BCUT2D eigenvalue weighted by molar-refractivity contribution is 5.67. The number of carboxylic acids is 1. The van der Waals surface area contributed by atoms with Crippen molar-refractivity contribution in [2.75, 3.05) is 0 Å². The van der Waals surface area contributed by atoms with Crippen molar-refractivity contribution in [1.29, 1.82) is 0 Å². The third-order valence-corrected chi connectivity index (χ3v) is 2.78. The van der Waals surface area contributed by atoms with Crippen LogP contribution >= 0.6 is 0 Å². The molecular formula is C11H21O2-. The third-order valence-electron chi connectivity index (χ3n) is 2.78. The van der Waals surface area contributed by atoms with Gasteiger partial charge in [-0.3, -0.25) is 0 Å². The van der Waals surface area contributed by atoms with E-state index in [1.54, 1.807) is 6.92 Å². The predicted octanol–water partition coefficient (Wildman–Crippen LogP) is 1.98. The van der Waals surface area contributed by atoms with Gasteiger partial charge in [0.2, 0.25) is 0 Å². The fourth-order valence-corrected chi connectivity index (χ4v) is 1.66. The minimum absolute atomic E-state index is 0.290. The lowest BCUT2D eigenvalue weighted by Gasteiger charge is -2.23. The molecule has 0 fully saturated rings. The number of hydrogen-bond donors (Lipinski definition) is 0. The molecule has 2 nitrogen and oxygen atoms in total. The second-order valence-corrected chi connectivity index (χ2v) is 3.77. The van der Waals surface area contributed by atoms with Crippen LogP contribution in [-0.2, 0) is 4.79 Å². The van der Waals surface area contributed by atoms with Crippen LogP contribution in [0.1, 0.15) is 52.9 Å². The van der Waals surface area contributed by atoms with Crippen molar-refractivity contribution in [3.63, 3.8) is 0 Å². The summed E-state index contributed by atoms with van der Waals surface area (Å²) in [4.78, 5) is 10.6. The van der Waals surface area contributed by atoms with Gasteiger partial charge >= 0.3 is 0 Å². The first kappa shape index (κ1) is 12.5. The van der Waals surface area contributed by atoms with E-state index in [1.807, 2.05) is 0 Å². The maximum Gasteiger partial charge on any atom is 0.0445 e. The van der Waals surface area contributed by atoms with E-state index in [0.29, 0.717) is 5.92 Å². The van der Waals surface area contributed by atoms with E-state index in [0.717, 1.165) is 19.3 Å². The van der Waals surface area contributed by atoms with E-state index in [9.17, 15) is 9.90 Å². The second-order valence-electron chi connectivity index (χ2n) is 3.77. The van der Waals surface area contributed by atoms with Gasteiger partial charge in [0, 0.05) is 5.97 Å². The van der Waals surface area contributed by atoms with Crippen molar-refractivity contribution in [3.8, 4) is 0 Å². The molecule has 78 valence electrons. The second kappa shape index (κ2) is 6.93. The van der Waals surface area contributed by atoms with Crippen LogP contribution < -0.4 is 5.11 Å². The topological polar surface area (TPSA) is 40.1 Å². The Morgan fingerprint density at radius 1 is 1.31 bits per heavy atom. The van der Waals surface area contributed by atoms with Gasteiger partial charge in [-0.1, -0.05) is 46.5 Å². The molecule has 13 heavy (non-hydrogen) atoms. The standard InChI is InChI=1S/C11H22O2/c1-4-6-7-8-10(5-2)9(3)11(12)13/h9-10H,4-8H2,1-3H3,(H,12,13)/p-1. The Labute approximate surface area is 81.3 Å². The summed E-state index contributed by atoms with van der Waals surface area (Å²) in [6.07, 6.45) is 5.51. The molecule has 0 aliphatic heterocycles. The summed E-state index contributed by atoms with van der Waals surface area (Å²) < 4.78 is 0. The lowest BCUT2D eigenvalue weighted by molar-refractivity contribution is -0.312. The Morgan fingerprint density at radius 3 is 2.31 bits per heavy atom. The van der Waals surface area contributed by atoms with E-state index in [-0.39, 0.29) is 5.92 Å². The molecule has 0 aromatic carbocycles. The highest BCUT2D eigenvalue weighted by atomic mass is 16.4. The average Bonchev–Trinajstić information content (AvgIpc) is 2.11. The number of rotatable bonds is 7. The van der Waals surface area contributed by atoms with Crippen LogP contribution in [0.5, 0.6) is 0 Å². The first-order valence-electron chi connectivity index (χ1n) is 5.34. The summed E-state index contributed by atoms with van der Waals surface area (Å²) in [5.74, 6) is -0.887. The van der Waals surface area contributed by atoms with Crippen LogP contribution in [0, 0.1) is 11.8 Å². The van der Waals surface area contributed by atoms with Gasteiger partial charge in [-0.05, 0) is 18.3 Å². The fourth-order valence-electron chi connectivity index (χ4n) is 1.66. The van der Waals surface area contributed by atoms with Crippen LogP contribution in [0.4, 0.5) is 0 Å².